The number of hydrogen-bond donors (Lipinski definition) is 0. The minimum atomic E-state index is -3.59. The second-order valence-electron chi connectivity index (χ2n) is 6.96. The first-order chi connectivity index (χ1) is 14.5. The third-order valence-corrected chi connectivity index (χ3v) is 8.23. The van der Waals surface area contributed by atoms with Crippen LogP contribution in [0.4, 0.5) is 5.69 Å². The summed E-state index contributed by atoms with van der Waals surface area (Å²) in [5.41, 5.74) is 0.678. The maximum absolute atomic E-state index is 13.3. The minimum absolute atomic E-state index is 0.152. The van der Waals surface area contributed by atoms with Crippen LogP contribution in [0, 0.1) is 17.2 Å². The number of ether oxygens (including phenoxy) is 1. The van der Waals surface area contributed by atoms with Crippen molar-refractivity contribution in [3.63, 3.8) is 0 Å². The zero-order valence-electron chi connectivity index (χ0n) is 16.9. The van der Waals surface area contributed by atoms with Crippen LogP contribution in [0.1, 0.15) is 26.2 Å². The molecule has 1 fully saturated rings. The van der Waals surface area contributed by atoms with Crippen LogP contribution in [0.25, 0.3) is 0 Å². The Kier molecular flexibility index (Phi) is 7.48. The number of amides is 1. The summed E-state index contributed by atoms with van der Waals surface area (Å²) in [7, 11) is -3.59. The highest BCUT2D eigenvalue weighted by molar-refractivity contribution is 7.91. The molecule has 1 amide bonds. The van der Waals surface area contributed by atoms with Gasteiger partial charge in [-0.25, -0.2) is 8.42 Å². The van der Waals surface area contributed by atoms with Crippen LogP contribution in [-0.4, -0.2) is 44.9 Å². The van der Waals surface area contributed by atoms with Gasteiger partial charge in [-0.2, -0.15) is 9.57 Å². The number of piperidine rings is 1. The molecule has 1 aromatic heterocycles. The number of carbonyl (C=O) groups is 1. The van der Waals surface area contributed by atoms with E-state index < -0.39 is 15.9 Å². The molecule has 3 rings (SSSR count). The molecule has 1 aromatic carbocycles. The van der Waals surface area contributed by atoms with Gasteiger partial charge in [-0.05, 0) is 55.5 Å². The third kappa shape index (κ3) is 5.01. The molecule has 30 heavy (non-hydrogen) atoms. The zero-order chi connectivity index (χ0) is 21.6. The molecule has 0 spiro atoms. The Morgan fingerprint density at radius 1 is 1.33 bits per heavy atom. The average Bonchev–Trinajstić information content (AvgIpc) is 3.31. The summed E-state index contributed by atoms with van der Waals surface area (Å²) in [6, 6.07) is 12.6. The van der Waals surface area contributed by atoms with Gasteiger partial charge in [0.1, 0.15) is 9.96 Å². The maximum atomic E-state index is 13.3. The first-order valence-electron chi connectivity index (χ1n) is 9.92. The van der Waals surface area contributed by atoms with Gasteiger partial charge in [-0.3, -0.25) is 4.79 Å². The van der Waals surface area contributed by atoms with Crippen molar-refractivity contribution in [2.24, 2.45) is 5.92 Å². The Hall–Kier alpha value is -2.41. The molecule has 0 saturated carbocycles. The van der Waals surface area contributed by atoms with E-state index >= 15 is 0 Å². The zero-order valence-corrected chi connectivity index (χ0v) is 18.5. The number of rotatable bonds is 8. The lowest BCUT2D eigenvalue weighted by atomic mass is 9.97. The minimum Gasteiger partial charge on any atom is -0.494 e. The highest BCUT2D eigenvalue weighted by Gasteiger charge is 2.35. The van der Waals surface area contributed by atoms with Crippen molar-refractivity contribution in [3.05, 3.63) is 41.8 Å². The number of thiophene rings is 1. The molecule has 1 saturated heterocycles. The maximum Gasteiger partial charge on any atom is 0.252 e. The molecule has 9 heteroatoms. The van der Waals surface area contributed by atoms with Gasteiger partial charge in [0, 0.05) is 25.3 Å². The number of anilines is 1. The smallest absolute Gasteiger partial charge is 0.252 e. The van der Waals surface area contributed by atoms with E-state index in [0.717, 1.165) is 0 Å². The number of hydrogen-bond acceptors (Lipinski definition) is 6. The summed E-state index contributed by atoms with van der Waals surface area (Å²) in [6.45, 7) is 3.27. The highest BCUT2D eigenvalue weighted by Crippen LogP contribution is 2.29. The molecule has 0 N–H and O–H groups in total. The van der Waals surface area contributed by atoms with E-state index in [4.69, 9.17) is 10.00 Å². The van der Waals surface area contributed by atoms with Gasteiger partial charge in [-0.1, -0.05) is 6.07 Å². The molecule has 2 heterocycles. The number of nitriles is 1. The summed E-state index contributed by atoms with van der Waals surface area (Å²) >= 11 is 1.18. The van der Waals surface area contributed by atoms with E-state index in [1.54, 1.807) is 46.7 Å². The molecular weight excluding hydrogens is 422 g/mol. The summed E-state index contributed by atoms with van der Waals surface area (Å²) < 4.78 is 32.9. The molecule has 7 nitrogen and oxygen atoms in total. The van der Waals surface area contributed by atoms with Gasteiger partial charge in [-0.15, -0.1) is 11.3 Å². The third-order valence-electron chi connectivity index (χ3n) is 5.00. The average molecular weight is 448 g/mol. The lowest BCUT2D eigenvalue weighted by Crippen LogP contribution is -2.47. The Bertz CT molecular complexity index is 982. The number of nitrogens with zero attached hydrogens (tertiary/aromatic N) is 3. The second kappa shape index (κ2) is 10.1. The van der Waals surface area contributed by atoms with E-state index in [2.05, 4.69) is 6.07 Å². The van der Waals surface area contributed by atoms with Crippen molar-refractivity contribution in [2.45, 2.75) is 30.4 Å². The van der Waals surface area contributed by atoms with Crippen LogP contribution in [0.3, 0.4) is 0 Å². The van der Waals surface area contributed by atoms with Crippen molar-refractivity contribution in [1.29, 1.82) is 5.26 Å². The fourth-order valence-corrected chi connectivity index (χ4v) is 6.21. The molecule has 0 aliphatic carbocycles. The standard InChI is InChI=1S/C21H25N3O4S2/c1-2-28-19-10-8-18(9-11-19)24(14-5-12-22)21(25)17-6-3-13-23(16-17)30(26,27)20-7-4-15-29-20/h4,7-11,15,17H,2-3,5-6,13-14,16H2,1H3. The Labute approximate surface area is 181 Å². The highest BCUT2D eigenvalue weighted by atomic mass is 32.2. The van der Waals surface area contributed by atoms with Gasteiger partial charge in [0.2, 0.25) is 5.91 Å². The molecule has 1 aliphatic heterocycles. The second-order valence-corrected chi connectivity index (χ2v) is 10.1. The summed E-state index contributed by atoms with van der Waals surface area (Å²) in [6.07, 6.45) is 1.44. The number of carbonyl (C=O) groups excluding carboxylic acids is 1. The Balaban J connectivity index is 1.79. The molecule has 0 radical (unpaired) electrons. The van der Waals surface area contributed by atoms with Gasteiger partial charge < -0.3 is 9.64 Å². The van der Waals surface area contributed by atoms with Crippen molar-refractivity contribution >= 4 is 33.0 Å². The normalized spacial score (nSPS) is 17.3. The Morgan fingerprint density at radius 3 is 2.73 bits per heavy atom. The lowest BCUT2D eigenvalue weighted by Gasteiger charge is -2.34. The van der Waals surface area contributed by atoms with Crippen molar-refractivity contribution < 1.29 is 17.9 Å². The lowest BCUT2D eigenvalue weighted by molar-refractivity contribution is -0.123. The fraction of sp³-hybridized carbons (Fsp3) is 0.429. The van der Waals surface area contributed by atoms with Crippen molar-refractivity contribution in [3.8, 4) is 11.8 Å². The topological polar surface area (TPSA) is 90.7 Å². The molecule has 2 aromatic rings. The quantitative estimate of drug-likeness (QED) is 0.618. The van der Waals surface area contributed by atoms with Crippen molar-refractivity contribution in [1.82, 2.24) is 4.31 Å². The predicted octanol–water partition coefficient (Wildman–Crippen LogP) is 3.49. The Morgan fingerprint density at radius 2 is 2.10 bits per heavy atom. The van der Waals surface area contributed by atoms with E-state index in [1.165, 1.54) is 15.6 Å². The first kappa shape index (κ1) is 22.3. The number of sulfonamides is 1. The van der Waals surface area contributed by atoms with Gasteiger partial charge in [0.05, 0.1) is 25.0 Å². The van der Waals surface area contributed by atoms with E-state index in [9.17, 15) is 13.2 Å². The molecule has 1 atom stereocenters. The van der Waals surface area contributed by atoms with E-state index in [0.29, 0.717) is 41.6 Å². The SMILES string of the molecule is CCOc1ccc(N(CCC#N)C(=O)C2CCCN(S(=O)(=O)c3cccs3)C2)cc1. The van der Waals surface area contributed by atoms with E-state index in [1.807, 2.05) is 6.92 Å². The molecule has 160 valence electrons. The summed E-state index contributed by atoms with van der Waals surface area (Å²) in [5, 5.41) is 10.8. The van der Waals surface area contributed by atoms with Crippen LogP contribution >= 0.6 is 11.3 Å². The van der Waals surface area contributed by atoms with Gasteiger partial charge in [0.15, 0.2) is 0 Å². The van der Waals surface area contributed by atoms with E-state index in [-0.39, 0.29) is 25.4 Å². The van der Waals surface area contributed by atoms with Crippen LogP contribution in [0.2, 0.25) is 0 Å². The summed E-state index contributed by atoms with van der Waals surface area (Å²) in [5.74, 6) is 0.110. The fourth-order valence-electron chi connectivity index (χ4n) is 3.54. The predicted molar refractivity (Wildman–Crippen MR) is 116 cm³/mol. The van der Waals surface area contributed by atoms with Crippen molar-refractivity contribution in [2.75, 3.05) is 31.1 Å². The summed E-state index contributed by atoms with van der Waals surface area (Å²) in [4.78, 5) is 14.9. The largest absolute Gasteiger partial charge is 0.494 e. The van der Waals surface area contributed by atoms with Crippen LogP contribution < -0.4 is 9.64 Å². The molecule has 0 bridgehead atoms. The van der Waals surface area contributed by atoms with Crippen LogP contribution in [0.15, 0.2) is 46.0 Å². The molecule has 1 aliphatic rings. The molecular formula is C21H25N3O4S2. The number of benzene rings is 1. The monoisotopic (exact) mass is 447 g/mol. The van der Waals surface area contributed by atoms with Gasteiger partial charge in [0.25, 0.3) is 10.0 Å². The van der Waals surface area contributed by atoms with Crippen LogP contribution in [0.5, 0.6) is 5.75 Å². The van der Waals surface area contributed by atoms with Crippen LogP contribution in [-0.2, 0) is 14.8 Å². The first-order valence-corrected chi connectivity index (χ1v) is 12.2. The van der Waals surface area contributed by atoms with Gasteiger partial charge >= 0.3 is 0 Å². The molecule has 1 unspecified atom stereocenters.